The highest BCUT2D eigenvalue weighted by atomic mass is 16.6. The summed E-state index contributed by atoms with van der Waals surface area (Å²) in [4.78, 5) is 13.8. The first-order valence-corrected chi connectivity index (χ1v) is 6.55. The van der Waals surface area contributed by atoms with Crippen molar-refractivity contribution in [3.05, 3.63) is 35.4 Å². The predicted molar refractivity (Wildman–Crippen MR) is 74.3 cm³/mol. The van der Waals surface area contributed by atoms with Gasteiger partial charge in [0, 0.05) is 0 Å². The first kappa shape index (κ1) is 14.8. The lowest BCUT2D eigenvalue weighted by Crippen LogP contribution is -2.47. The molecule has 6 nitrogen and oxygen atoms in total. The molecule has 1 heterocycles. The van der Waals surface area contributed by atoms with Crippen LogP contribution in [0, 0.1) is 0 Å². The summed E-state index contributed by atoms with van der Waals surface area (Å²) in [7, 11) is 0. The Balaban J connectivity index is 2.28. The number of rotatable bonds is 2. The Morgan fingerprint density at radius 3 is 2.75 bits per heavy atom. The number of nitrogens with two attached hydrogens (primary N) is 1. The van der Waals surface area contributed by atoms with E-state index in [0.29, 0.717) is 6.54 Å². The van der Waals surface area contributed by atoms with E-state index in [1.165, 1.54) is 4.90 Å². The van der Waals surface area contributed by atoms with E-state index in [9.17, 15) is 9.90 Å². The minimum atomic E-state index is -1.05. The van der Waals surface area contributed by atoms with Gasteiger partial charge in [-0.15, -0.1) is 0 Å². The molecule has 0 bridgehead atoms. The number of aliphatic hydroxyl groups excluding tert-OH is 1. The van der Waals surface area contributed by atoms with Gasteiger partial charge in [0.15, 0.2) is 0 Å². The molecular formula is C14H21N3O3. The van der Waals surface area contributed by atoms with Crippen molar-refractivity contribution in [2.75, 3.05) is 0 Å². The first-order valence-electron chi connectivity index (χ1n) is 6.55. The second kappa shape index (κ2) is 5.40. The number of hydrogen-bond donors (Lipinski definition) is 3. The number of fused-ring (bicyclic) bond motifs is 1. The number of aliphatic hydroxyl groups is 1. The molecule has 0 aromatic heterocycles. The molecule has 4 N–H and O–H groups in total. The van der Waals surface area contributed by atoms with Crippen LogP contribution in [-0.4, -0.2) is 27.9 Å². The molecule has 0 radical (unpaired) electrons. The molecule has 2 unspecified atom stereocenters. The molecule has 2 atom stereocenters. The van der Waals surface area contributed by atoms with Gasteiger partial charge in [-0.05, 0) is 31.9 Å². The molecule has 1 aliphatic heterocycles. The molecule has 6 heteroatoms. The average Bonchev–Trinajstić information content (AvgIpc) is 2.75. The van der Waals surface area contributed by atoms with Crippen molar-refractivity contribution in [3.8, 4) is 0 Å². The first-order chi connectivity index (χ1) is 9.33. The maximum absolute atomic E-state index is 12.3. The summed E-state index contributed by atoms with van der Waals surface area (Å²) < 4.78 is 5.39. The lowest BCUT2D eigenvalue weighted by molar-refractivity contribution is -0.0105. The fourth-order valence-corrected chi connectivity index (χ4v) is 2.35. The number of carbonyl (C=O) groups excluding carboxylic acids is 1. The molecule has 20 heavy (non-hydrogen) atoms. The van der Waals surface area contributed by atoms with Crippen LogP contribution < -0.4 is 11.3 Å². The van der Waals surface area contributed by atoms with E-state index in [0.717, 1.165) is 11.1 Å². The predicted octanol–water partition coefficient (Wildman–Crippen LogP) is 1.26. The van der Waals surface area contributed by atoms with Gasteiger partial charge in [0.2, 0.25) is 0 Å². The molecule has 0 saturated carbocycles. The minimum Gasteiger partial charge on any atom is -0.444 e. The Labute approximate surface area is 118 Å². The van der Waals surface area contributed by atoms with E-state index in [2.05, 4.69) is 5.43 Å². The zero-order chi connectivity index (χ0) is 14.9. The SMILES string of the molecule is CC(C)(C)OC(=O)N1Cc2ccccc2C1C(O)NN. The molecule has 0 fully saturated rings. The molecule has 1 aromatic carbocycles. The monoisotopic (exact) mass is 279 g/mol. The highest BCUT2D eigenvalue weighted by Gasteiger charge is 2.39. The van der Waals surface area contributed by atoms with Crippen LogP contribution in [0.4, 0.5) is 4.79 Å². The van der Waals surface area contributed by atoms with Crippen LogP contribution in [0.1, 0.15) is 37.9 Å². The van der Waals surface area contributed by atoms with Crippen LogP contribution in [0.3, 0.4) is 0 Å². The normalized spacial score (nSPS) is 19.6. The topological polar surface area (TPSA) is 87.8 Å². The molecule has 0 aliphatic carbocycles. The third-order valence-corrected chi connectivity index (χ3v) is 3.15. The second-order valence-electron chi connectivity index (χ2n) is 5.86. The molecule has 1 amide bonds. The minimum absolute atomic E-state index is 0.397. The quantitative estimate of drug-likeness (QED) is 0.431. The largest absolute Gasteiger partial charge is 0.444 e. The van der Waals surface area contributed by atoms with Gasteiger partial charge in [-0.1, -0.05) is 24.3 Å². The lowest BCUT2D eigenvalue weighted by atomic mass is 10.0. The third kappa shape index (κ3) is 2.92. The fraction of sp³-hybridized carbons (Fsp3) is 0.500. The van der Waals surface area contributed by atoms with Crippen LogP contribution >= 0.6 is 0 Å². The Hall–Kier alpha value is -1.63. The smallest absolute Gasteiger partial charge is 0.411 e. The molecule has 110 valence electrons. The summed E-state index contributed by atoms with van der Waals surface area (Å²) in [6.45, 7) is 5.82. The van der Waals surface area contributed by atoms with E-state index in [4.69, 9.17) is 10.6 Å². The van der Waals surface area contributed by atoms with E-state index >= 15 is 0 Å². The second-order valence-corrected chi connectivity index (χ2v) is 5.86. The Bertz CT molecular complexity index is 499. The zero-order valence-electron chi connectivity index (χ0n) is 12.0. The fourth-order valence-electron chi connectivity index (χ4n) is 2.35. The number of hydrazine groups is 1. The molecule has 2 rings (SSSR count). The van der Waals surface area contributed by atoms with E-state index in [-0.39, 0.29) is 0 Å². The maximum atomic E-state index is 12.3. The van der Waals surface area contributed by atoms with E-state index < -0.39 is 24.0 Å². The zero-order valence-corrected chi connectivity index (χ0v) is 12.0. The maximum Gasteiger partial charge on any atom is 0.411 e. The van der Waals surface area contributed by atoms with Gasteiger partial charge in [-0.2, -0.15) is 0 Å². The van der Waals surface area contributed by atoms with Crippen molar-refractivity contribution >= 4 is 6.09 Å². The van der Waals surface area contributed by atoms with Crippen molar-refractivity contribution in [2.24, 2.45) is 5.84 Å². The van der Waals surface area contributed by atoms with Crippen molar-refractivity contribution < 1.29 is 14.6 Å². The van der Waals surface area contributed by atoms with Gasteiger partial charge in [-0.3, -0.25) is 10.7 Å². The number of carbonyl (C=O) groups is 1. The highest BCUT2D eigenvalue weighted by molar-refractivity contribution is 5.70. The molecule has 1 aromatic rings. The van der Waals surface area contributed by atoms with Gasteiger partial charge >= 0.3 is 6.09 Å². The van der Waals surface area contributed by atoms with Crippen LogP contribution in [-0.2, 0) is 11.3 Å². The van der Waals surface area contributed by atoms with Crippen LogP contribution in [0.15, 0.2) is 24.3 Å². The number of benzene rings is 1. The number of nitrogens with zero attached hydrogens (tertiary/aromatic N) is 1. The summed E-state index contributed by atoms with van der Waals surface area (Å²) in [5.41, 5.74) is 3.58. The van der Waals surface area contributed by atoms with Crippen molar-refractivity contribution in [3.63, 3.8) is 0 Å². The van der Waals surface area contributed by atoms with Crippen LogP contribution in [0.2, 0.25) is 0 Å². The van der Waals surface area contributed by atoms with Crippen molar-refractivity contribution in [2.45, 2.75) is 45.2 Å². The summed E-state index contributed by atoms with van der Waals surface area (Å²) in [5, 5.41) is 10.0. The number of amides is 1. The number of ether oxygens (including phenoxy) is 1. The standard InChI is InChI=1S/C14H21N3O3/c1-14(2,3)20-13(19)17-8-9-6-4-5-7-10(9)11(17)12(18)16-15/h4-7,11-12,16,18H,8,15H2,1-3H3. The summed E-state index contributed by atoms with van der Waals surface area (Å²) in [5.74, 6) is 5.32. The number of nitrogens with one attached hydrogen (secondary N) is 1. The van der Waals surface area contributed by atoms with Gasteiger partial charge in [0.1, 0.15) is 17.9 Å². The number of hydrogen-bond acceptors (Lipinski definition) is 5. The van der Waals surface area contributed by atoms with Gasteiger partial charge < -0.3 is 9.84 Å². The van der Waals surface area contributed by atoms with E-state index in [1.807, 2.05) is 24.3 Å². The third-order valence-electron chi connectivity index (χ3n) is 3.15. The van der Waals surface area contributed by atoms with Gasteiger partial charge in [0.05, 0.1) is 6.54 Å². The summed E-state index contributed by atoms with van der Waals surface area (Å²) >= 11 is 0. The Morgan fingerprint density at radius 1 is 1.50 bits per heavy atom. The average molecular weight is 279 g/mol. The highest BCUT2D eigenvalue weighted by Crippen LogP contribution is 2.36. The van der Waals surface area contributed by atoms with E-state index in [1.54, 1.807) is 20.8 Å². The van der Waals surface area contributed by atoms with Gasteiger partial charge in [-0.25, -0.2) is 10.2 Å². The summed E-state index contributed by atoms with van der Waals surface area (Å²) in [6, 6.07) is 7.02. The molecular weight excluding hydrogens is 258 g/mol. The lowest BCUT2D eigenvalue weighted by Gasteiger charge is -2.31. The van der Waals surface area contributed by atoms with Crippen molar-refractivity contribution in [1.29, 1.82) is 0 Å². The molecule has 0 spiro atoms. The van der Waals surface area contributed by atoms with Crippen LogP contribution in [0.5, 0.6) is 0 Å². The Morgan fingerprint density at radius 2 is 2.15 bits per heavy atom. The molecule has 0 saturated heterocycles. The van der Waals surface area contributed by atoms with Crippen LogP contribution in [0.25, 0.3) is 0 Å². The van der Waals surface area contributed by atoms with Gasteiger partial charge in [0.25, 0.3) is 0 Å². The van der Waals surface area contributed by atoms with Crippen molar-refractivity contribution in [1.82, 2.24) is 10.3 Å². The molecule has 1 aliphatic rings. The summed E-state index contributed by atoms with van der Waals surface area (Å²) in [6.07, 6.45) is -1.51. The Kier molecular flexibility index (Phi) is 3.99.